The van der Waals surface area contributed by atoms with Gasteiger partial charge in [-0.25, -0.2) is 0 Å². The molecule has 0 radical (unpaired) electrons. The molecule has 1 aromatic heterocycles. The molecule has 4 N–H and O–H groups in total. The quantitative estimate of drug-likeness (QED) is 0.764. The van der Waals surface area contributed by atoms with Crippen LogP contribution in [0.15, 0.2) is 36.6 Å². The van der Waals surface area contributed by atoms with Gasteiger partial charge in [0.2, 0.25) is 0 Å². The van der Waals surface area contributed by atoms with Crippen LogP contribution < -0.4 is 11.5 Å². The minimum absolute atomic E-state index is 0.0855. The highest BCUT2D eigenvalue weighted by molar-refractivity contribution is 5.31. The van der Waals surface area contributed by atoms with Gasteiger partial charge in [0.15, 0.2) is 0 Å². The topological polar surface area (TPSA) is 92.0 Å². The molecule has 2 atom stereocenters. The second-order valence-corrected chi connectivity index (χ2v) is 4.21. The standard InChI is InChI=1S/C11H17N5O/c1-17-5-4-11(13)3-2-9(12)6-10(11)16-7-14-15-8-16/h2-3,6-8,10H,4-5,12-13H2,1H3. The van der Waals surface area contributed by atoms with Gasteiger partial charge in [-0.15, -0.1) is 10.2 Å². The summed E-state index contributed by atoms with van der Waals surface area (Å²) in [5.74, 6) is 0. The first-order chi connectivity index (χ1) is 8.15. The zero-order valence-electron chi connectivity index (χ0n) is 9.78. The van der Waals surface area contributed by atoms with Gasteiger partial charge in [-0.2, -0.15) is 0 Å². The predicted octanol–water partition coefficient (Wildman–Crippen LogP) is -0.0344. The fourth-order valence-electron chi connectivity index (χ4n) is 1.97. The van der Waals surface area contributed by atoms with E-state index in [1.54, 1.807) is 19.8 Å². The Kier molecular flexibility index (Phi) is 3.26. The Hall–Kier alpha value is -1.66. The first kappa shape index (κ1) is 11.8. The van der Waals surface area contributed by atoms with Crippen molar-refractivity contribution in [3.63, 3.8) is 0 Å². The van der Waals surface area contributed by atoms with Crippen LogP contribution in [-0.2, 0) is 4.74 Å². The predicted molar refractivity (Wildman–Crippen MR) is 63.9 cm³/mol. The van der Waals surface area contributed by atoms with Crippen molar-refractivity contribution in [2.45, 2.75) is 18.0 Å². The first-order valence-corrected chi connectivity index (χ1v) is 5.44. The van der Waals surface area contributed by atoms with Crippen molar-refractivity contribution in [2.75, 3.05) is 13.7 Å². The van der Waals surface area contributed by atoms with Crippen molar-refractivity contribution in [3.8, 4) is 0 Å². The molecule has 0 saturated heterocycles. The number of allylic oxidation sites excluding steroid dienone is 1. The highest BCUT2D eigenvalue weighted by Crippen LogP contribution is 2.30. The fourth-order valence-corrected chi connectivity index (χ4v) is 1.97. The lowest BCUT2D eigenvalue weighted by atomic mass is 9.83. The van der Waals surface area contributed by atoms with Crippen LogP contribution in [0.1, 0.15) is 12.5 Å². The van der Waals surface area contributed by atoms with E-state index >= 15 is 0 Å². The Morgan fingerprint density at radius 1 is 1.47 bits per heavy atom. The molecule has 1 aromatic rings. The molecule has 0 spiro atoms. The third-order valence-corrected chi connectivity index (χ3v) is 2.98. The number of ether oxygens (including phenoxy) is 1. The van der Waals surface area contributed by atoms with Crippen molar-refractivity contribution < 1.29 is 4.74 Å². The number of nitrogens with two attached hydrogens (primary N) is 2. The number of rotatable bonds is 4. The monoisotopic (exact) mass is 235 g/mol. The summed E-state index contributed by atoms with van der Waals surface area (Å²) in [5, 5.41) is 7.60. The number of nitrogens with zero attached hydrogens (tertiary/aromatic N) is 3. The van der Waals surface area contributed by atoms with Crippen molar-refractivity contribution in [3.05, 3.63) is 36.6 Å². The van der Waals surface area contributed by atoms with E-state index in [1.807, 2.05) is 22.8 Å². The second-order valence-electron chi connectivity index (χ2n) is 4.21. The smallest absolute Gasteiger partial charge is 0.119 e. The molecule has 92 valence electrons. The molecule has 0 aliphatic heterocycles. The van der Waals surface area contributed by atoms with E-state index in [0.29, 0.717) is 18.7 Å². The summed E-state index contributed by atoms with van der Waals surface area (Å²) < 4.78 is 6.95. The Bertz CT molecular complexity index is 425. The summed E-state index contributed by atoms with van der Waals surface area (Å²) >= 11 is 0. The van der Waals surface area contributed by atoms with Gasteiger partial charge in [0.1, 0.15) is 12.7 Å². The number of hydrogen-bond acceptors (Lipinski definition) is 5. The Morgan fingerprint density at radius 2 is 2.18 bits per heavy atom. The Morgan fingerprint density at radius 3 is 2.82 bits per heavy atom. The molecule has 0 saturated carbocycles. The van der Waals surface area contributed by atoms with E-state index < -0.39 is 5.54 Å². The van der Waals surface area contributed by atoms with Crippen LogP contribution in [-0.4, -0.2) is 34.0 Å². The van der Waals surface area contributed by atoms with Gasteiger partial charge in [-0.3, -0.25) is 0 Å². The average molecular weight is 235 g/mol. The molecule has 0 fully saturated rings. The zero-order valence-corrected chi connectivity index (χ0v) is 9.78. The van der Waals surface area contributed by atoms with Crippen molar-refractivity contribution in [1.29, 1.82) is 0 Å². The Labute approximate surface area is 100.0 Å². The normalized spacial score (nSPS) is 28.1. The minimum atomic E-state index is -0.527. The first-order valence-electron chi connectivity index (χ1n) is 5.44. The van der Waals surface area contributed by atoms with Crippen LogP contribution in [0.3, 0.4) is 0 Å². The van der Waals surface area contributed by atoms with E-state index in [9.17, 15) is 0 Å². The molecule has 6 heteroatoms. The summed E-state index contributed by atoms with van der Waals surface area (Å²) in [6.45, 7) is 0.590. The molecule has 1 aliphatic carbocycles. The van der Waals surface area contributed by atoms with Gasteiger partial charge in [0.25, 0.3) is 0 Å². The Balaban J connectivity index is 2.28. The molecule has 2 unspecified atom stereocenters. The summed E-state index contributed by atoms with van der Waals surface area (Å²) in [6.07, 6.45) is 9.65. The molecule has 1 heterocycles. The van der Waals surface area contributed by atoms with E-state index in [1.165, 1.54) is 0 Å². The number of hydrogen-bond donors (Lipinski definition) is 2. The molecular weight excluding hydrogens is 218 g/mol. The summed E-state index contributed by atoms with van der Waals surface area (Å²) in [5.41, 5.74) is 12.4. The highest BCUT2D eigenvalue weighted by Gasteiger charge is 2.34. The molecule has 1 aliphatic rings. The van der Waals surface area contributed by atoms with E-state index in [0.717, 1.165) is 0 Å². The van der Waals surface area contributed by atoms with E-state index in [-0.39, 0.29) is 6.04 Å². The van der Waals surface area contributed by atoms with Gasteiger partial charge < -0.3 is 20.8 Å². The fraction of sp³-hybridized carbons (Fsp3) is 0.455. The molecule has 0 bridgehead atoms. The van der Waals surface area contributed by atoms with Crippen LogP contribution in [0.5, 0.6) is 0 Å². The molecule has 0 amide bonds. The van der Waals surface area contributed by atoms with Gasteiger partial charge in [0, 0.05) is 19.4 Å². The SMILES string of the molecule is COCCC1(N)C=CC(N)=CC1n1cnnc1. The largest absolute Gasteiger partial charge is 0.399 e. The van der Waals surface area contributed by atoms with Gasteiger partial charge in [0.05, 0.1) is 11.6 Å². The maximum absolute atomic E-state index is 6.40. The third-order valence-electron chi connectivity index (χ3n) is 2.98. The lowest BCUT2D eigenvalue weighted by Crippen LogP contribution is -2.48. The maximum Gasteiger partial charge on any atom is 0.119 e. The van der Waals surface area contributed by atoms with E-state index in [4.69, 9.17) is 16.2 Å². The van der Waals surface area contributed by atoms with Gasteiger partial charge >= 0.3 is 0 Å². The number of methoxy groups -OCH3 is 1. The van der Waals surface area contributed by atoms with Crippen molar-refractivity contribution >= 4 is 0 Å². The molecule has 0 aromatic carbocycles. The lowest BCUT2D eigenvalue weighted by Gasteiger charge is -2.36. The molecule has 6 nitrogen and oxygen atoms in total. The van der Waals surface area contributed by atoms with Crippen LogP contribution in [0.4, 0.5) is 0 Å². The molecule has 2 rings (SSSR count). The molecule has 17 heavy (non-hydrogen) atoms. The van der Waals surface area contributed by atoms with Crippen LogP contribution in [0.25, 0.3) is 0 Å². The van der Waals surface area contributed by atoms with Crippen molar-refractivity contribution in [2.24, 2.45) is 11.5 Å². The van der Waals surface area contributed by atoms with Crippen LogP contribution in [0, 0.1) is 0 Å². The van der Waals surface area contributed by atoms with Crippen molar-refractivity contribution in [1.82, 2.24) is 14.8 Å². The second kappa shape index (κ2) is 4.68. The zero-order chi connectivity index (χ0) is 12.3. The third kappa shape index (κ3) is 2.37. The number of aromatic nitrogens is 3. The maximum atomic E-state index is 6.40. The average Bonchev–Trinajstić information content (AvgIpc) is 2.83. The summed E-state index contributed by atoms with van der Waals surface area (Å²) in [6, 6.07) is -0.0855. The molecular formula is C11H17N5O. The van der Waals surface area contributed by atoms with Crippen LogP contribution >= 0.6 is 0 Å². The van der Waals surface area contributed by atoms with Gasteiger partial charge in [-0.1, -0.05) is 6.08 Å². The van der Waals surface area contributed by atoms with E-state index in [2.05, 4.69) is 10.2 Å². The van der Waals surface area contributed by atoms with Gasteiger partial charge in [-0.05, 0) is 18.6 Å². The minimum Gasteiger partial charge on any atom is -0.399 e. The highest BCUT2D eigenvalue weighted by atomic mass is 16.5. The summed E-state index contributed by atoms with van der Waals surface area (Å²) in [4.78, 5) is 0. The summed E-state index contributed by atoms with van der Waals surface area (Å²) in [7, 11) is 1.66. The lowest BCUT2D eigenvalue weighted by molar-refractivity contribution is 0.167. The van der Waals surface area contributed by atoms with Crippen LogP contribution in [0.2, 0.25) is 0 Å².